The molecular formula is C19H21BN8O3S. The lowest BCUT2D eigenvalue weighted by molar-refractivity contribution is 0.425. The Balaban J connectivity index is 1.70. The van der Waals surface area contributed by atoms with Crippen molar-refractivity contribution in [2.45, 2.75) is 11.4 Å². The van der Waals surface area contributed by atoms with Crippen LogP contribution in [0, 0.1) is 0 Å². The normalized spacial score (nSPS) is 12.0. The summed E-state index contributed by atoms with van der Waals surface area (Å²) in [7, 11) is 0.453. The highest BCUT2D eigenvalue weighted by molar-refractivity contribution is 7.83. The van der Waals surface area contributed by atoms with Crippen LogP contribution in [0.1, 0.15) is 5.56 Å². The van der Waals surface area contributed by atoms with Gasteiger partial charge in [0, 0.05) is 26.0 Å². The molecule has 0 fully saturated rings. The molecule has 0 spiro atoms. The van der Waals surface area contributed by atoms with Gasteiger partial charge in [-0.3, -0.25) is 0 Å². The van der Waals surface area contributed by atoms with Crippen LogP contribution in [0.4, 0.5) is 11.6 Å². The van der Waals surface area contributed by atoms with Crippen LogP contribution in [0.5, 0.6) is 0 Å². The molecule has 0 aliphatic rings. The van der Waals surface area contributed by atoms with Crippen LogP contribution in [-0.4, -0.2) is 60.4 Å². The summed E-state index contributed by atoms with van der Waals surface area (Å²) in [5.74, 6) is 1.22. The van der Waals surface area contributed by atoms with Gasteiger partial charge in [0.1, 0.15) is 11.0 Å². The van der Waals surface area contributed by atoms with E-state index in [1.807, 2.05) is 20.2 Å². The molecule has 0 radical (unpaired) electrons. The van der Waals surface area contributed by atoms with Gasteiger partial charge in [-0.05, 0) is 23.2 Å². The van der Waals surface area contributed by atoms with Gasteiger partial charge < -0.3 is 20.3 Å². The zero-order valence-corrected chi connectivity index (χ0v) is 18.2. The minimum atomic E-state index is -1.65. The van der Waals surface area contributed by atoms with Crippen molar-refractivity contribution in [2.24, 2.45) is 5.14 Å². The number of aromatic nitrogens is 5. The molecule has 4 aromatic rings. The minimum absolute atomic E-state index is 0.229. The van der Waals surface area contributed by atoms with E-state index in [0.29, 0.717) is 39.4 Å². The fraction of sp³-hybridized carbons (Fsp3) is 0.158. The molecule has 11 nitrogen and oxygen atoms in total. The van der Waals surface area contributed by atoms with Gasteiger partial charge in [0.05, 0.1) is 16.6 Å². The van der Waals surface area contributed by atoms with Gasteiger partial charge in [-0.15, -0.1) is 10.2 Å². The predicted molar refractivity (Wildman–Crippen MR) is 123 cm³/mol. The molecule has 4 rings (SSSR count). The smallest absolute Gasteiger partial charge is 0.423 e. The van der Waals surface area contributed by atoms with Crippen molar-refractivity contribution in [2.75, 3.05) is 24.3 Å². The van der Waals surface area contributed by atoms with E-state index >= 15 is 0 Å². The Bertz CT molecular complexity index is 1300. The van der Waals surface area contributed by atoms with Gasteiger partial charge >= 0.3 is 7.12 Å². The standard InChI is InChI=1S/C19H21BN8O3S/c1-27(2)18-17(22-10-12-5-3-6-13(9-12)20(29)30)24-19(26-25-18)28-15-7-4-8-16(32(21)31)14(15)11-23-28/h3-9,11,29-30H,10,21H2,1-2H3,(H,22,24,26). The molecule has 0 saturated carbocycles. The summed E-state index contributed by atoms with van der Waals surface area (Å²) in [6.07, 6.45) is 1.57. The van der Waals surface area contributed by atoms with E-state index in [2.05, 4.69) is 25.6 Å². The summed E-state index contributed by atoms with van der Waals surface area (Å²) in [6.45, 7) is 0.371. The number of nitrogens with one attached hydrogen (secondary N) is 1. The van der Waals surface area contributed by atoms with Crippen LogP contribution in [-0.2, 0) is 17.5 Å². The average Bonchev–Trinajstić information content (AvgIpc) is 3.21. The number of benzene rings is 2. The lowest BCUT2D eigenvalue weighted by atomic mass is 9.80. The van der Waals surface area contributed by atoms with E-state index in [0.717, 1.165) is 5.56 Å². The maximum absolute atomic E-state index is 11.8. The van der Waals surface area contributed by atoms with E-state index in [-0.39, 0.29) is 5.95 Å². The van der Waals surface area contributed by atoms with E-state index in [9.17, 15) is 14.3 Å². The topological polar surface area (TPSA) is 155 Å². The van der Waals surface area contributed by atoms with Gasteiger partial charge in [-0.25, -0.2) is 9.35 Å². The summed E-state index contributed by atoms with van der Waals surface area (Å²) in [5, 5.41) is 41.1. The summed E-state index contributed by atoms with van der Waals surface area (Å²) in [5.41, 5.74) is 1.88. The van der Waals surface area contributed by atoms with Crippen LogP contribution >= 0.6 is 0 Å². The third-order valence-electron chi connectivity index (χ3n) is 4.77. The van der Waals surface area contributed by atoms with Gasteiger partial charge in [0.25, 0.3) is 5.95 Å². The molecule has 32 heavy (non-hydrogen) atoms. The summed E-state index contributed by atoms with van der Waals surface area (Å²) in [4.78, 5) is 6.85. The molecule has 1 atom stereocenters. The number of hydrogen-bond donors (Lipinski definition) is 4. The van der Waals surface area contributed by atoms with E-state index in [1.165, 1.54) is 4.68 Å². The SMILES string of the molecule is CN(C)c1nnc(-n2ncc3c(S(N)=O)cccc32)nc1NCc1cccc(B(O)O)c1. The molecule has 13 heteroatoms. The molecular weight excluding hydrogens is 431 g/mol. The molecule has 0 saturated heterocycles. The summed E-state index contributed by atoms with van der Waals surface area (Å²) < 4.78 is 13.3. The van der Waals surface area contributed by atoms with Crippen LogP contribution in [0.25, 0.3) is 16.9 Å². The molecule has 1 unspecified atom stereocenters. The van der Waals surface area contributed by atoms with Gasteiger partial charge in [0.15, 0.2) is 11.6 Å². The number of nitrogens with two attached hydrogens (primary N) is 1. The van der Waals surface area contributed by atoms with Gasteiger partial charge in [0.2, 0.25) is 0 Å². The molecule has 2 heterocycles. The second-order valence-corrected chi connectivity index (χ2v) is 8.23. The average molecular weight is 452 g/mol. The van der Waals surface area contributed by atoms with Crippen molar-refractivity contribution >= 4 is 46.1 Å². The first kappa shape index (κ1) is 21.8. The van der Waals surface area contributed by atoms with E-state index in [4.69, 9.17) is 5.14 Å². The second-order valence-electron chi connectivity index (χ2n) is 7.19. The molecule has 5 N–H and O–H groups in total. The highest BCUT2D eigenvalue weighted by atomic mass is 32.2. The Hall–Kier alpha value is -3.39. The van der Waals surface area contributed by atoms with Gasteiger partial charge in [-0.2, -0.15) is 14.8 Å². The minimum Gasteiger partial charge on any atom is -0.423 e. The maximum atomic E-state index is 11.8. The Morgan fingerprint density at radius 3 is 2.69 bits per heavy atom. The molecule has 2 aromatic carbocycles. The quantitative estimate of drug-likeness (QED) is 0.273. The fourth-order valence-electron chi connectivity index (χ4n) is 3.23. The van der Waals surface area contributed by atoms with Crippen molar-refractivity contribution in [3.63, 3.8) is 0 Å². The molecule has 0 bridgehead atoms. The number of rotatable bonds is 7. The number of nitrogens with zero attached hydrogens (tertiary/aromatic N) is 6. The predicted octanol–water partition coefficient (Wildman–Crippen LogP) is -0.450. The Labute approximate surface area is 186 Å². The number of fused-ring (bicyclic) bond motifs is 1. The van der Waals surface area contributed by atoms with Gasteiger partial charge in [-0.1, -0.05) is 30.3 Å². The third-order valence-corrected chi connectivity index (χ3v) is 5.56. The monoisotopic (exact) mass is 452 g/mol. The Morgan fingerprint density at radius 2 is 1.97 bits per heavy atom. The van der Waals surface area contributed by atoms with Crippen molar-refractivity contribution in [3.8, 4) is 5.95 Å². The molecule has 0 amide bonds. The largest absolute Gasteiger partial charge is 0.488 e. The second kappa shape index (κ2) is 9.00. The van der Waals surface area contributed by atoms with Crippen LogP contribution in [0.2, 0.25) is 0 Å². The fourth-order valence-corrected chi connectivity index (χ4v) is 3.82. The zero-order chi connectivity index (χ0) is 22.8. The lowest BCUT2D eigenvalue weighted by Gasteiger charge is -2.16. The van der Waals surface area contributed by atoms with Crippen molar-refractivity contribution in [1.82, 2.24) is 25.0 Å². The first-order valence-corrected chi connectivity index (χ1v) is 10.8. The molecule has 0 aliphatic carbocycles. The van der Waals surface area contributed by atoms with E-state index in [1.54, 1.807) is 47.5 Å². The van der Waals surface area contributed by atoms with E-state index < -0.39 is 18.1 Å². The van der Waals surface area contributed by atoms with Crippen LogP contribution in [0.15, 0.2) is 53.6 Å². The van der Waals surface area contributed by atoms with Crippen LogP contribution < -0.4 is 20.8 Å². The lowest BCUT2D eigenvalue weighted by Crippen LogP contribution is -2.30. The summed E-state index contributed by atoms with van der Waals surface area (Å²) in [6, 6.07) is 12.2. The first-order valence-electron chi connectivity index (χ1n) is 9.59. The molecule has 164 valence electrons. The molecule has 0 aliphatic heterocycles. The van der Waals surface area contributed by atoms with Crippen molar-refractivity contribution in [1.29, 1.82) is 0 Å². The first-order chi connectivity index (χ1) is 15.3. The van der Waals surface area contributed by atoms with Crippen molar-refractivity contribution < 1.29 is 14.3 Å². The highest BCUT2D eigenvalue weighted by Crippen LogP contribution is 2.24. The Kier molecular flexibility index (Phi) is 6.14. The van der Waals surface area contributed by atoms with Crippen LogP contribution in [0.3, 0.4) is 0 Å². The molecule has 2 aromatic heterocycles. The maximum Gasteiger partial charge on any atom is 0.488 e. The Morgan fingerprint density at radius 1 is 1.19 bits per heavy atom. The van der Waals surface area contributed by atoms with Crippen molar-refractivity contribution in [3.05, 3.63) is 54.2 Å². The third kappa shape index (κ3) is 4.32. The zero-order valence-electron chi connectivity index (χ0n) is 17.4. The number of hydrogen-bond acceptors (Lipinski definition) is 9. The highest BCUT2D eigenvalue weighted by Gasteiger charge is 2.17. The summed E-state index contributed by atoms with van der Waals surface area (Å²) >= 11 is 0. The number of anilines is 2.